The molecule has 1 atom stereocenters. The molecule has 0 aromatic carbocycles. The highest BCUT2D eigenvalue weighted by Crippen LogP contribution is 2.44. The van der Waals surface area contributed by atoms with Gasteiger partial charge in [0.2, 0.25) is 0 Å². The molecule has 1 heterocycles. The Labute approximate surface area is 108 Å². The molecule has 0 aliphatic carbocycles. The molecule has 18 heavy (non-hydrogen) atoms. The zero-order chi connectivity index (χ0) is 14.0. The molecule has 1 saturated heterocycles. The Hall–Kier alpha value is -0.290. The van der Waals surface area contributed by atoms with Crippen LogP contribution in [-0.4, -0.2) is 42.3 Å². The van der Waals surface area contributed by atoms with E-state index in [9.17, 15) is 13.2 Å². The van der Waals surface area contributed by atoms with E-state index in [1.165, 1.54) is 0 Å². The van der Waals surface area contributed by atoms with Crippen LogP contribution in [0.2, 0.25) is 0 Å². The summed E-state index contributed by atoms with van der Waals surface area (Å²) in [5.41, 5.74) is -0.768. The standard InChI is InChI=1S/C13H25F3N2/c1-10(2)17-7-5-8-18-9-6-11(12(18,3)4)13(14,15)16/h10-11,17H,5-9H2,1-4H3. The van der Waals surface area contributed by atoms with Crippen molar-refractivity contribution in [1.82, 2.24) is 10.2 Å². The van der Waals surface area contributed by atoms with Crippen molar-refractivity contribution in [2.24, 2.45) is 5.92 Å². The van der Waals surface area contributed by atoms with E-state index in [0.29, 0.717) is 12.6 Å². The lowest BCUT2D eigenvalue weighted by Crippen LogP contribution is -2.47. The summed E-state index contributed by atoms with van der Waals surface area (Å²) in [4.78, 5) is 1.98. The van der Waals surface area contributed by atoms with E-state index in [4.69, 9.17) is 0 Å². The summed E-state index contributed by atoms with van der Waals surface area (Å²) in [6, 6.07) is 0.430. The van der Waals surface area contributed by atoms with Crippen LogP contribution in [0.4, 0.5) is 13.2 Å². The van der Waals surface area contributed by atoms with Crippen LogP contribution in [0.5, 0.6) is 0 Å². The number of likely N-dealkylation sites (tertiary alicyclic amines) is 1. The Morgan fingerprint density at radius 1 is 1.33 bits per heavy atom. The number of hydrogen-bond donors (Lipinski definition) is 1. The highest BCUT2D eigenvalue weighted by atomic mass is 19.4. The van der Waals surface area contributed by atoms with Crippen LogP contribution in [0.3, 0.4) is 0 Å². The number of rotatable bonds is 5. The molecule has 0 spiro atoms. The third-order valence-electron chi connectivity index (χ3n) is 3.91. The fraction of sp³-hybridized carbons (Fsp3) is 1.00. The highest BCUT2D eigenvalue weighted by Gasteiger charge is 2.54. The molecule has 0 aromatic heterocycles. The van der Waals surface area contributed by atoms with Crippen LogP contribution in [0.15, 0.2) is 0 Å². The van der Waals surface area contributed by atoms with Crippen molar-refractivity contribution in [2.75, 3.05) is 19.6 Å². The topological polar surface area (TPSA) is 15.3 Å². The van der Waals surface area contributed by atoms with Gasteiger partial charge in [-0.2, -0.15) is 13.2 Å². The van der Waals surface area contributed by atoms with Crippen LogP contribution in [0, 0.1) is 5.92 Å². The molecule has 108 valence electrons. The van der Waals surface area contributed by atoms with Gasteiger partial charge in [-0.05, 0) is 46.3 Å². The van der Waals surface area contributed by atoms with E-state index in [1.54, 1.807) is 13.8 Å². The molecular weight excluding hydrogens is 241 g/mol. The maximum atomic E-state index is 12.9. The fourth-order valence-electron chi connectivity index (χ4n) is 2.77. The molecule has 0 radical (unpaired) electrons. The Balaban J connectivity index is 2.45. The summed E-state index contributed by atoms with van der Waals surface area (Å²) in [5, 5.41) is 3.29. The van der Waals surface area contributed by atoms with Crippen molar-refractivity contribution < 1.29 is 13.2 Å². The summed E-state index contributed by atoms with van der Waals surface area (Å²) in [6.45, 7) is 9.72. The van der Waals surface area contributed by atoms with Gasteiger partial charge < -0.3 is 5.32 Å². The van der Waals surface area contributed by atoms with Crippen LogP contribution in [-0.2, 0) is 0 Å². The first-order valence-corrected chi connectivity index (χ1v) is 6.71. The van der Waals surface area contributed by atoms with E-state index in [2.05, 4.69) is 19.2 Å². The number of hydrogen-bond acceptors (Lipinski definition) is 2. The van der Waals surface area contributed by atoms with Gasteiger partial charge in [-0.3, -0.25) is 4.90 Å². The van der Waals surface area contributed by atoms with Crippen LogP contribution in [0.25, 0.3) is 0 Å². The SMILES string of the molecule is CC(C)NCCCN1CCC(C(F)(F)F)C1(C)C. The quantitative estimate of drug-likeness (QED) is 0.769. The van der Waals surface area contributed by atoms with E-state index < -0.39 is 17.6 Å². The van der Waals surface area contributed by atoms with Gasteiger partial charge >= 0.3 is 6.18 Å². The third-order valence-corrected chi connectivity index (χ3v) is 3.91. The van der Waals surface area contributed by atoms with E-state index in [1.807, 2.05) is 4.90 Å². The lowest BCUT2D eigenvalue weighted by atomic mass is 9.88. The summed E-state index contributed by atoms with van der Waals surface area (Å²) >= 11 is 0. The Bertz CT molecular complexity index is 261. The summed E-state index contributed by atoms with van der Waals surface area (Å²) < 4.78 is 38.7. The summed E-state index contributed by atoms with van der Waals surface area (Å²) in [6.07, 6.45) is -2.95. The second-order valence-corrected chi connectivity index (χ2v) is 5.99. The van der Waals surface area contributed by atoms with Crippen molar-refractivity contribution in [3.63, 3.8) is 0 Å². The molecule has 0 bridgehead atoms. The first-order chi connectivity index (χ1) is 8.15. The molecule has 1 rings (SSSR count). The zero-order valence-corrected chi connectivity index (χ0v) is 11.8. The normalized spacial score (nSPS) is 25.0. The van der Waals surface area contributed by atoms with E-state index >= 15 is 0 Å². The molecule has 1 aliphatic heterocycles. The first-order valence-electron chi connectivity index (χ1n) is 6.71. The van der Waals surface area contributed by atoms with Crippen molar-refractivity contribution in [2.45, 2.75) is 58.3 Å². The number of nitrogens with zero attached hydrogens (tertiary/aromatic N) is 1. The third kappa shape index (κ3) is 3.85. The monoisotopic (exact) mass is 266 g/mol. The average molecular weight is 266 g/mol. The second kappa shape index (κ2) is 5.78. The minimum Gasteiger partial charge on any atom is -0.314 e. The van der Waals surface area contributed by atoms with Gasteiger partial charge in [0.15, 0.2) is 0 Å². The number of alkyl halides is 3. The van der Waals surface area contributed by atoms with Crippen molar-refractivity contribution in [3.05, 3.63) is 0 Å². The largest absolute Gasteiger partial charge is 0.393 e. The second-order valence-electron chi connectivity index (χ2n) is 5.99. The van der Waals surface area contributed by atoms with Crippen LogP contribution >= 0.6 is 0 Å². The molecule has 0 saturated carbocycles. The maximum Gasteiger partial charge on any atom is 0.393 e. The molecule has 1 aliphatic rings. The smallest absolute Gasteiger partial charge is 0.314 e. The first kappa shape index (κ1) is 15.8. The molecule has 1 N–H and O–H groups in total. The van der Waals surface area contributed by atoms with Gasteiger partial charge in [0.05, 0.1) is 5.92 Å². The minimum absolute atomic E-state index is 0.230. The molecular formula is C13H25F3N2. The Morgan fingerprint density at radius 3 is 2.39 bits per heavy atom. The highest BCUT2D eigenvalue weighted by molar-refractivity contribution is 4.98. The van der Waals surface area contributed by atoms with Gasteiger partial charge in [0.25, 0.3) is 0 Å². The van der Waals surface area contributed by atoms with Gasteiger partial charge in [-0.1, -0.05) is 13.8 Å². The predicted molar refractivity (Wildman–Crippen MR) is 67.6 cm³/mol. The van der Waals surface area contributed by atoms with Gasteiger partial charge in [-0.25, -0.2) is 0 Å². The zero-order valence-electron chi connectivity index (χ0n) is 11.8. The van der Waals surface area contributed by atoms with Crippen LogP contribution < -0.4 is 5.32 Å². The summed E-state index contributed by atoms with van der Waals surface area (Å²) in [5.74, 6) is -1.19. The van der Waals surface area contributed by atoms with Gasteiger partial charge in [-0.15, -0.1) is 0 Å². The molecule has 1 fully saturated rings. The summed E-state index contributed by atoms with van der Waals surface area (Å²) in [7, 11) is 0. The molecule has 0 aromatic rings. The predicted octanol–water partition coefficient (Wildman–Crippen LogP) is 3.04. The van der Waals surface area contributed by atoms with Gasteiger partial charge in [0, 0.05) is 11.6 Å². The number of nitrogens with one attached hydrogen (secondary N) is 1. The molecule has 1 unspecified atom stereocenters. The van der Waals surface area contributed by atoms with E-state index in [0.717, 1.165) is 19.5 Å². The lowest BCUT2D eigenvalue weighted by molar-refractivity contribution is -0.191. The molecule has 0 amide bonds. The van der Waals surface area contributed by atoms with Gasteiger partial charge in [0.1, 0.15) is 0 Å². The maximum absolute atomic E-state index is 12.9. The van der Waals surface area contributed by atoms with Crippen molar-refractivity contribution in [3.8, 4) is 0 Å². The average Bonchev–Trinajstić information content (AvgIpc) is 2.47. The molecule has 2 nitrogen and oxygen atoms in total. The molecule has 5 heteroatoms. The van der Waals surface area contributed by atoms with E-state index in [-0.39, 0.29) is 6.42 Å². The minimum atomic E-state index is -4.07. The Kier molecular flexibility index (Phi) is 5.06. The van der Waals surface area contributed by atoms with Crippen molar-refractivity contribution in [1.29, 1.82) is 0 Å². The van der Waals surface area contributed by atoms with Crippen molar-refractivity contribution >= 4 is 0 Å². The van der Waals surface area contributed by atoms with Crippen LogP contribution in [0.1, 0.15) is 40.5 Å². The fourth-order valence-corrected chi connectivity index (χ4v) is 2.77. The lowest BCUT2D eigenvalue weighted by Gasteiger charge is -2.37. The number of halogens is 3. The Morgan fingerprint density at radius 2 is 1.94 bits per heavy atom.